The molecule has 218 valence electrons. The number of carbonyl (C=O) groups excluding carboxylic acids is 1. The van der Waals surface area contributed by atoms with E-state index in [1.165, 1.54) is 17.1 Å². The van der Waals surface area contributed by atoms with Crippen LogP contribution in [0.5, 0.6) is 5.75 Å². The lowest BCUT2D eigenvalue weighted by atomic mass is 9.98. The van der Waals surface area contributed by atoms with Crippen molar-refractivity contribution in [1.82, 2.24) is 10.3 Å². The van der Waals surface area contributed by atoms with Gasteiger partial charge in [0, 0.05) is 32.1 Å². The fourth-order valence-electron chi connectivity index (χ4n) is 4.62. The van der Waals surface area contributed by atoms with E-state index in [-0.39, 0.29) is 23.7 Å². The van der Waals surface area contributed by atoms with Crippen molar-refractivity contribution in [2.45, 2.75) is 23.8 Å². The summed E-state index contributed by atoms with van der Waals surface area (Å²) in [6.07, 6.45) is 0.450. The number of hydrogen-bond donors (Lipinski definition) is 2. The molecule has 0 spiro atoms. The van der Waals surface area contributed by atoms with E-state index in [1.54, 1.807) is 42.5 Å². The second-order valence-electron chi connectivity index (χ2n) is 9.75. The van der Waals surface area contributed by atoms with Crippen molar-refractivity contribution < 1.29 is 32.6 Å². The molecule has 1 unspecified atom stereocenters. The van der Waals surface area contributed by atoms with Gasteiger partial charge in [0.15, 0.2) is 9.84 Å². The number of carboxylic acids is 1. The van der Waals surface area contributed by atoms with E-state index in [9.17, 15) is 23.1 Å². The predicted octanol–water partition coefficient (Wildman–Crippen LogP) is 3.10. The number of anilines is 1. The van der Waals surface area contributed by atoms with Crippen LogP contribution in [0, 0.1) is 0 Å². The van der Waals surface area contributed by atoms with Gasteiger partial charge in [-0.2, -0.15) is 0 Å². The minimum Gasteiger partial charge on any atom is -0.489 e. The molecule has 41 heavy (non-hydrogen) atoms. The predicted molar refractivity (Wildman–Crippen MR) is 155 cm³/mol. The van der Waals surface area contributed by atoms with Gasteiger partial charge in [-0.3, -0.25) is 14.5 Å². The highest BCUT2D eigenvalue weighted by Gasteiger charge is 2.25. The van der Waals surface area contributed by atoms with Crippen molar-refractivity contribution in [3.8, 4) is 5.75 Å². The Morgan fingerprint density at radius 2 is 1.78 bits per heavy atom. The molecule has 0 saturated carbocycles. The van der Waals surface area contributed by atoms with Gasteiger partial charge in [0.1, 0.15) is 12.4 Å². The first-order valence-corrected chi connectivity index (χ1v) is 15.1. The molecule has 3 aromatic carbocycles. The second-order valence-corrected chi connectivity index (χ2v) is 11.8. The molecule has 1 fully saturated rings. The van der Waals surface area contributed by atoms with Crippen LogP contribution in [-0.4, -0.2) is 75.9 Å². The number of benzene rings is 3. The normalized spacial score (nSPS) is 14.7. The first-order chi connectivity index (χ1) is 19.8. The van der Waals surface area contributed by atoms with E-state index >= 15 is 0 Å². The van der Waals surface area contributed by atoms with Crippen LogP contribution in [0.25, 0.3) is 0 Å². The lowest BCUT2D eigenvalue weighted by Gasteiger charge is -2.27. The number of hydrogen-bond acceptors (Lipinski definition) is 8. The molecule has 1 atom stereocenters. The molecule has 1 heterocycles. The van der Waals surface area contributed by atoms with Crippen LogP contribution in [0.3, 0.4) is 0 Å². The van der Waals surface area contributed by atoms with E-state index in [0.717, 1.165) is 44.8 Å². The van der Waals surface area contributed by atoms with E-state index < -0.39 is 21.7 Å². The van der Waals surface area contributed by atoms with E-state index in [0.29, 0.717) is 23.5 Å². The molecule has 3 aromatic rings. The van der Waals surface area contributed by atoms with Crippen LogP contribution in [0.15, 0.2) is 83.8 Å². The van der Waals surface area contributed by atoms with Gasteiger partial charge in [-0.1, -0.05) is 42.5 Å². The van der Waals surface area contributed by atoms with Gasteiger partial charge in [-0.05, 0) is 47.5 Å². The number of carbonyl (C=O) groups is 2. The van der Waals surface area contributed by atoms with Crippen LogP contribution in [-0.2, 0) is 30.8 Å². The van der Waals surface area contributed by atoms with Crippen LogP contribution in [0.4, 0.5) is 5.69 Å². The first kappa shape index (κ1) is 30.2. The zero-order valence-electron chi connectivity index (χ0n) is 22.7. The van der Waals surface area contributed by atoms with E-state index in [4.69, 9.17) is 9.47 Å². The zero-order valence-corrected chi connectivity index (χ0v) is 23.5. The van der Waals surface area contributed by atoms with Crippen LogP contribution in [0.2, 0.25) is 0 Å². The monoisotopic (exact) mass is 581 g/mol. The third kappa shape index (κ3) is 9.12. The summed E-state index contributed by atoms with van der Waals surface area (Å²) < 4.78 is 37.4. The van der Waals surface area contributed by atoms with Gasteiger partial charge in [-0.15, -0.1) is 0 Å². The van der Waals surface area contributed by atoms with Crippen molar-refractivity contribution in [1.29, 1.82) is 0 Å². The molecule has 2 N–H and O–H groups in total. The maximum atomic E-state index is 13.1. The molecule has 0 bridgehead atoms. The maximum absolute atomic E-state index is 13.1. The average Bonchev–Trinajstić information content (AvgIpc) is 2.99. The SMILES string of the molecule is O=CN(NCCN1CCOCC1)c1cccc(COc2ccc(S(=O)(=O)CC(CC(=O)O)c3ccccc3)cc2)c1. The molecular weight excluding hydrogens is 546 g/mol. The first-order valence-electron chi connectivity index (χ1n) is 13.4. The fraction of sp³-hybridized carbons (Fsp3) is 0.333. The molecule has 11 heteroatoms. The van der Waals surface area contributed by atoms with Gasteiger partial charge in [0.2, 0.25) is 6.41 Å². The Balaban J connectivity index is 1.33. The maximum Gasteiger partial charge on any atom is 0.303 e. The number of morpholine rings is 1. The minimum absolute atomic E-state index is 0.0999. The highest BCUT2D eigenvalue weighted by atomic mass is 32.2. The molecule has 0 aliphatic carbocycles. The van der Waals surface area contributed by atoms with Gasteiger partial charge >= 0.3 is 5.97 Å². The number of hydrazine groups is 1. The lowest BCUT2D eigenvalue weighted by molar-refractivity contribution is -0.137. The summed E-state index contributed by atoms with van der Waals surface area (Å²) in [5.41, 5.74) is 5.32. The number of ether oxygens (including phenoxy) is 2. The van der Waals surface area contributed by atoms with Crippen molar-refractivity contribution in [2.24, 2.45) is 0 Å². The molecule has 1 amide bonds. The topological polar surface area (TPSA) is 125 Å². The zero-order chi connectivity index (χ0) is 29.1. The summed E-state index contributed by atoms with van der Waals surface area (Å²) >= 11 is 0. The quantitative estimate of drug-likeness (QED) is 0.206. The fourth-order valence-corrected chi connectivity index (χ4v) is 6.20. The second kappa shape index (κ2) is 14.7. The Morgan fingerprint density at radius 3 is 2.46 bits per heavy atom. The Kier molecular flexibility index (Phi) is 10.9. The van der Waals surface area contributed by atoms with Crippen molar-refractivity contribution in [3.63, 3.8) is 0 Å². The van der Waals surface area contributed by atoms with Crippen molar-refractivity contribution in [2.75, 3.05) is 50.2 Å². The van der Waals surface area contributed by atoms with Gasteiger partial charge in [0.05, 0.1) is 36.0 Å². The van der Waals surface area contributed by atoms with Gasteiger partial charge in [-0.25, -0.2) is 18.9 Å². The largest absolute Gasteiger partial charge is 0.489 e. The van der Waals surface area contributed by atoms with Crippen LogP contribution < -0.4 is 15.2 Å². The number of rotatable bonds is 15. The number of carboxylic acid groups (broad SMARTS) is 1. The standard InChI is InChI=1S/C30H35N3O7S/c34-23-33(31-13-14-32-15-17-39-18-16-32)27-8-4-5-24(19-27)21-40-28-9-11-29(12-10-28)41(37,38)22-26(20-30(35)36)25-6-2-1-3-7-25/h1-12,19,23,26,31H,13-18,20-22H2,(H,35,36). The third-order valence-corrected chi connectivity index (χ3v) is 8.64. The smallest absolute Gasteiger partial charge is 0.303 e. The summed E-state index contributed by atoms with van der Waals surface area (Å²) in [5.74, 6) is -1.55. The lowest BCUT2D eigenvalue weighted by Crippen LogP contribution is -2.45. The Morgan fingerprint density at radius 1 is 1.05 bits per heavy atom. The number of sulfone groups is 1. The highest BCUT2D eigenvalue weighted by molar-refractivity contribution is 7.91. The summed E-state index contributed by atoms with van der Waals surface area (Å²) in [4.78, 5) is 25.5. The van der Waals surface area contributed by atoms with E-state index in [2.05, 4.69) is 10.3 Å². The van der Waals surface area contributed by atoms with Crippen LogP contribution >= 0.6 is 0 Å². The molecule has 0 radical (unpaired) electrons. The molecule has 1 saturated heterocycles. The summed E-state index contributed by atoms with van der Waals surface area (Å²) in [6.45, 7) is 4.82. The summed E-state index contributed by atoms with van der Waals surface area (Å²) in [7, 11) is -3.74. The molecule has 1 aliphatic heterocycles. The summed E-state index contributed by atoms with van der Waals surface area (Å²) in [5, 5.41) is 10.8. The Hall–Kier alpha value is -3.77. The van der Waals surface area contributed by atoms with Gasteiger partial charge < -0.3 is 14.6 Å². The number of nitrogens with zero attached hydrogens (tertiary/aromatic N) is 2. The van der Waals surface area contributed by atoms with E-state index in [1.807, 2.05) is 24.3 Å². The Bertz CT molecular complexity index is 1380. The number of aliphatic carboxylic acids is 1. The molecule has 1 aliphatic rings. The third-order valence-electron chi connectivity index (χ3n) is 6.81. The highest BCUT2D eigenvalue weighted by Crippen LogP contribution is 2.26. The molecule has 10 nitrogen and oxygen atoms in total. The summed E-state index contributed by atoms with van der Waals surface area (Å²) in [6, 6.07) is 22.3. The van der Waals surface area contributed by atoms with Crippen molar-refractivity contribution >= 4 is 27.9 Å². The number of amides is 1. The number of nitrogens with one attached hydrogen (secondary N) is 1. The molecule has 0 aromatic heterocycles. The molecule has 4 rings (SSSR count). The van der Waals surface area contributed by atoms with Crippen molar-refractivity contribution in [3.05, 3.63) is 90.0 Å². The Labute approximate surface area is 240 Å². The minimum atomic E-state index is -3.74. The van der Waals surface area contributed by atoms with Crippen LogP contribution in [0.1, 0.15) is 23.5 Å². The average molecular weight is 582 g/mol. The van der Waals surface area contributed by atoms with Gasteiger partial charge in [0.25, 0.3) is 0 Å². The molecular formula is C30H35N3O7S.